The summed E-state index contributed by atoms with van der Waals surface area (Å²) in [7, 11) is 0. The zero-order chi connectivity index (χ0) is 27.8. The van der Waals surface area contributed by atoms with Crippen molar-refractivity contribution in [2.24, 2.45) is 52.1 Å². The van der Waals surface area contributed by atoms with E-state index in [9.17, 15) is 4.79 Å². The number of esters is 1. The first-order valence-electron chi connectivity index (χ1n) is 16.3. The summed E-state index contributed by atoms with van der Waals surface area (Å²) in [6.45, 7) is 12.5. The molecule has 224 valence electrons. The molecule has 3 nitrogen and oxygen atoms in total. The van der Waals surface area contributed by atoms with Crippen molar-refractivity contribution in [2.45, 2.75) is 124 Å². The molecule has 4 aliphatic carbocycles. The Balaban J connectivity index is 0.00000370. The van der Waals surface area contributed by atoms with Gasteiger partial charge in [0.1, 0.15) is 12.1 Å². The number of fused-ring (bicyclic) bond motifs is 5. The fraction of sp³-hybridized carbons (Fsp3) is 0.750. The number of benzene rings is 1. The van der Waals surface area contributed by atoms with Crippen LogP contribution in [-0.2, 0) is 16.0 Å². The van der Waals surface area contributed by atoms with Gasteiger partial charge in [-0.15, -0.1) is 12.4 Å². The van der Waals surface area contributed by atoms with E-state index in [-0.39, 0.29) is 29.9 Å². The predicted octanol–water partition coefficient (Wildman–Crippen LogP) is 8.93. The summed E-state index contributed by atoms with van der Waals surface area (Å²) in [5.41, 5.74) is 9.72. The average Bonchev–Trinajstić information content (AvgIpc) is 3.26. The fourth-order valence-corrected chi connectivity index (χ4v) is 9.96. The smallest absolute Gasteiger partial charge is 0.323 e. The molecule has 0 amide bonds. The number of carbonyl (C=O) groups excluding carboxylic acids is 1. The van der Waals surface area contributed by atoms with E-state index in [0.717, 1.165) is 60.3 Å². The normalized spacial score (nSPS) is 36.4. The Hall–Kier alpha value is -1.32. The van der Waals surface area contributed by atoms with Gasteiger partial charge in [-0.05, 0) is 103 Å². The van der Waals surface area contributed by atoms with Gasteiger partial charge >= 0.3 is 5.97 Å². The average molecular weight is 570 g/mol. The van der Waals surface area contributed by atoms with Gasteiger partial charge in [-0.3, -0.25) is 4.79 Å². The molecule has 5 rings (SSSR count). The van der Waals surface area contributed by atoms with Crippen molar-refractivity contribution in [3.8, 4) is 0 Å². The number of halogens is 1. The standard InChI is InChI=1S/C36H55NO2.ClH/c1-24(2)10-9-11-25(3)30-16-17-31-29-15-14-27-23-28(18-20-35(27,4)32(29)19-21-36(30,31)5)39-34(38)33(37)22-26-12-7-6-8-13-26;/h6-8,12-14,24-25,28-33H,9-11,15-23,37H2,1-5H3;1H/t25-,28+,29+,30-,31+,32+,33+,35+,36-;/m1./s1. The highest BCUT2D eigenvalue weighted by Gasteiger charge is 2.59. The maximum Gasteiger partial charge on any atom is 0.323 e. The number of allylic oxidation sites excluding steroid dienone is 1. The van der Waals surface area contributed by atoms with Crippen LogP contribution in [0.25, 0.3) is 0 Å². The molecule has 0 unspecified atom stereocenters. The molecule has 0 saturated heterocycles. The summed E-state index contributed by atoms with van der Waals surface area (Å²) in [5, 5.41) is 0. The Bertz CT molecular complexity index is 1020. The maximum absolute atomic E-state index is 12.9. The van der Waals surface area contributed by atoms with Crippen molar-refractivity contribution < 1.29 is 9.53 Å². The van der Waals surface area contributed by atoms with Gasteiger partial charge in [0.25, 0.3) is 0 Å². The first-order chi connectivity index (χ1) is 18.6. The van der Waals surface area contributed by atoms with Crippen LogP contribution in [0.4, 0.5) is 0 Å². The van der Waals surface area contributed by atoms with E-state index in [4.69, 9.17) is 10.5 Å². The van der Waals surface area contributed by atoms with E-state index in [1.807, 2.05) is 30.3 Å². The molecule has 1 aromatic carbocycles. The van der Waals surface area contributed by atoms with E-state index in [1.165, 1.54) is 51.4 Å². The van der Waals surface area contributed by atoms with E-state index in [0.29, 0.717) is 11.8 Å². The van der Waals surface area contributed by atoms with Crippen LogP contribution in [0.5, 0.6) is 0 Å². The van der Waals surface area contributed by atoms with Crippen molar-refractivity contribution in [2.75, 3.05) is 0 Å². The second-order valence-corrected chi connectivity index (χ2v) is 14.9. The van der Waals surface area contributed by atoms with Crippen molar-refractivity contribution in [1.82, 2.24) is 0 Å². The highest BCUT2D eigenvalue weighted by atomic mass is 35.5. The molecule has 4 heteroatoms. The molecule has 0 aliphatic heterocycles. The fourth-order valence-electron chi connectivity index (χ4n) is 9.96. The van der Waals surface area contributed by atoms with Gasteiger partial charge in [0.2, 0.25) is 0 Å². The summed E-state index contributed by atoms with van der Waals surface area (Å²) in [4.78, 5) is 12.9. The van der Waals surface area contributed by atoms with Crippen LogP contribution < -0.4 is 5.73 Å². The van der Waals surface area contributed by atoms with Crippen LogP contribution >= 0.6 is 12.4 Å². The summed E-state index contributed by atoms with van der Waals surface area (Å²) in [6, 6.07) is 9.43. The Morgan fingerprint density at radius 3 is 2.48 bits per heavy atom. The number of carbonyl (C=O) groups is 1. The molecular weight excluding hydrogens is 514 g/mol. The molecule has 0 bridgehead atoms. The van der Waals surface area contributed by atoms with Crippen LogP contribution in [0, 0.1) is 46.3 Å². The predicted molar refractivity (Wildman–Crippen MR) is 168 cm³/mol. The van der Waals surface area contributed by atoms with E-state index < -0.39 is 6.04 Å². The summed E-state index contributed by atoms with van der Waals surface area (Å²) in [6.07, 6.45) is 17.2. The van der Waals surface area contributed by atoms with Gasteiger partial charge < -0.3 is 10.5 Å². The summed E-state index contributed by atoms with van der Waals surface area (Å²) < 4.78 is 6.02. The molecule has 2 N–H and O–H groups in total. The molecule has 3 saturated carbocycles. The van der Waals surface area contributed by atoms with E-state index in [1.54, 1.807) is 5.57 Å². The summed E-state index contributed by atoms with van der Waals surface area (Å²) >= 11 is 0. The van der Waals surface area contributed by atoms with Crippen LogP contribution in [0.2, 0.25) is 0 Å². The van der Waals surface area contributed by atoms with Gasteiger partial charge in [-0.1, -0.05) is 95.9 Å². The van der Waals surface area contributed by atoms with Gasteiger partial charge in [0.05, 0.1) is 0 Å². The molecule has 3 fully saturated rings. The van der Waals surface area contributed by atoms with Crippen LogP contribution in [0.15, 0.2) is 42.0 Å². The van der Waals surface area contributed by atoms with E-state index in [2.05, 4.69) is 40.7 Å². The minimum absolute atomic E-state index is 0. The molecule has 0 radical (unpaired) electrons. The lowest BCUT2D eigenvalue weighted by Crippen LogP contribution is -2.51. The number of hydrogen-bond acceptors (Lipinski definition) is 3. The topological polar surface area (TPSA) is 52.3 Å². The van der Waals surface area contributed by atoms with Crippen LogP contribution in [-0.4, -0.2) is 18.1 Å². The number of nitrogens with two attached hydrogens (primary N) is 1. The third-order valence-corrected chi connectivity index (χ3v) is 12.1. The number of ether oxygens (including phenoxy) is 1. The zero-order valence-corrected chi connectivity index (χ0v) is 26.7. The van der Waals surface area contributed by atoms with Crippen molar-refractivity contribution in [3.05, 3.63) is 47.5 Å². The van der Waals surface area contributed by atoms with Crippen molar-refractivity contribution in [3.63, 3.8) is 0 Å². The van der Waals surface area contributed by atoms with Gasteiger partial charge in [0, 0.05) is 6.42 Å². The molecule has 40 heavy (non-hydrogen) atoms. The molecule has 0 spiro atoms. The second kappa shape index (κ2) is 12.9. The van der Waals surface area contributed by atoms with Crippen LogP contribution in [0.1, 0.15) is 111 Å². The Morgan fingerprint density at radius 2 is 1.75 bits per heavy atom. The number of hydrogen-bond donors (Lipinski definition) is 1. The monoisotopic (exact) mass is 569 g/mol. The quantitative estimate of drug-likeness (QED) is 0.238. The maximum atomic E-state index is 12.9. The molecule has 9 atom stereocenters. The molecule has 1 aromatic rings. The molecular formula is C36H56ClNO2. The second-order valence-electron chi connectivity index (χ2n) is 14.9. The lowest BCUT2D eigenvalue weighted by atomic mass is 9.47. The molecule has 4 aliphatic rings. The molecule has 0 heterocycles. The minimum Gasteiger partial charge on any atom is -0.461 e. The third-order valence-electron chi connectivity index (χ3n) is 12.1. The largest absolute Gasteiger partial charge is 0.461 e. The van der Waals surface area contributed by atoms with Crippen molar-refractivity contribution in [1.29, 1.82) is 0 Å². The first-order valence-corrected chi connectivity index (χ1v) is 16.3. The lowest BCUT2D eigenvalue weighted by Gasteiger charge is -2.58. The highest BCUT2D eigenvalue weighted by molar-refractivity contribution is 5.85. The van der Waals surface area contributed by atoms with Gasteiger partial charge in [0.15, 0.2) is 0 Å². The number of rotatable bonds is 9. The third kappa shape index (κ3) is 6.22. The van der Waals surface area contributed by atoms with Crippen LogP contribution in [0.3, 0.4) is 0 Å². The zero-order valence-electron chi connectivity index (χ0n) is 25.9. The molecule has 0 aromatic heterocycles. The SMILES string of the molecule is CC(C)CCC[C@@H](C)[C@H]1CC[C@H]2[C@@H]3CC=C4C[C@@H](OC(=O)[C@@H](N)Cc5ccccc5)CC[C@]4(C)[C@H]3CC[C@]12C.Cl. The van der Waals surface area contributed by atoms with Crippen molar-refractivity contribution >= 4 is 18.4 Å². The lowest BCUT2D eigenvalue weighted by molar-refractivity contribution is -0.153. The van der Waals surface area contributed by atoms with Gasteiger partial charge in [-0.25, -0.2) is 0 Å². The highest BCUT2D eigenvalue weighted by Crippen LogP contribution is 2.67. The first kappa shape index (κ1) is 31.6. The van der Waals surface area contributed by atoms with Gasteiger partial charge in [-0.2, -0.15) is 0 Å². The summed E-state index contributed by atoms with van der Waals surface area (Å²) in [5.74, 6) is 4.87. The Kier molecular flexibility index (Phi) is 10.2. The Morgan fingerprint density at radius 1 is 1.00 bits per heavy atom. The minimum atomic E-state index is -0.593. The Labute approximate surface area is 250 Å². The van der Waals surface area contributed by atoms with E-state index >= 15 is 0 Å².